The predicted molar refractivity (Wildman–Crippen MR) is 57.1 cm³/mol. The van der Waals surface area contributed by atoms with Crippen molar-refractivity contribution in [2.24, 2.45) is 0 Å². The summed E-state index contributed by atoms with van der Waals surface area (Å²) in [5.41, 5.74) is 0.865. The van der Waals surface area contributed by atoms with E-state index in [4.69, 9.17) is 0 Å². The van der Waals surface area contributed by atoms with Gasteiger partial charge in [-0.05, 0) is 0 Å². The van der Waals surface area contributed by atoms with Gasteiger partial charge in [-0.2, -0.15) is 0 Å². The maximum absolute atomic E-state index is 4.43. The Morgan fingerprint density at radius 1 is 1.29 bits per heavy atom. The van der Waals surface area contributed by atoms with Crippen molar-refractivity contribution in [1.82, 2.24) is 9.97 Å². The highest BCUT2D eigenvalue weighted by Gasteiger charge is 2.21. The molecule has 2 rings (SSSR count). The van der Waals surface area contributed by atoms with Gasteiger partial charge in [0.2, 0.25) is 0 Å². The zero-order valence-electron chi connectivity index (χ0n) is 8.68. The van der Waals surface area contributed by atoms with Gasteiger partial charge < -0.3 is 10.6 Å². The molecule has 0 atom stereocenters. The molecule has 1 aliphatic rings. The molecule has 0 unspecified atom stereocenters. The molecule has 0 radical (unpaired) electrons. The summed E-state index contributed by atoms with van der Waals surface area (Å²) in [6, 6.07) is 0. The van der Waals surface area contributed by atoms with Crippen molar-refractivity contribution < 1.29 is 0 Å². The number of hydrogen-bond acceptors (Lipinski definition) is 4. The first-order chi connectivity index (χ1) is 6.47. The Bertz CT molecular complexity index is 390. The second-order valence-electron chi connectivity index (χ2n) is 4.43. The smallest absolute Gasteiger partial charge is 0.159 e. The third-order valence-electron chi connectivity index (χ3n) is 2.01. The van der Waals surface area contributed by atoms with Crippen LogP contribution in [0.3, 0.4) is 0 Å². The average Bonchev–Trinajstić information content (AvgIpc) is 2.41. The van der Waals surface area contributed by atoms with Crippen LogP contribution in [0.4, 0.5) is 11.5 Å². The molecular weight excluding hydrogens is 176 g/mol. The summed E-state index contributed by atoms with van der Waals surface area (Å²) in [6.45, 7) is 10.0. The van der Waals surface area contributed by atoms with Crippen molar-refractivity contribution in [3.8, 4) is 0 Å². The van der Waals surface area contributed by atoms with Gasteiger partial charge in [0.25, 0.3) is 0 Å². The van der Waals surface area contributed by atoms with Gasteiger partial charge >= 0.3 is 0 Å². The number of rotatable bonds is 0. The fourth-order valence-corrected chi connectivity index (χ4v) is 1.27. The van der Waals surface area contributed by atoms with E-state index in [0.717, 1.165) is 23.2 Å². The minimum atomic E-state index is -0.0271. The summed E-state index contributed by atoms with van der Waals surface area (Å²) >= 11 is 0. The zero-order valence-corrected chi connectivity index (χ0v) is 8.68. The Labute approximate surface area is 83.5 Å². The Hall–Kier alpha value is -1.58. The van der Waals surface area contributed by atoms with Crippen LogP contribution in [0.25, 0.3) is 0 Å². The molecule has 0 aliphatic carbocycles. The number of aromatic nitrogens is 2. The van der Waals surface area contributed by atoms with E-state index >= 15 is 0 Å². The van der Waals surface area contributed by atoms with Gasteiger partial charge in [-0.3, -0.25) is 0 Å². The lowest BCUT2D eigenvalue weighted by atomic mass is 9.96. The van der Waals surface area contributed by atoms with Gasteiger partial charge in [0.1, 0.15) is 17.3 Å². The molecule has 2 N–H and O–H groups in total. The molecule has 0 saturated heterocycles. The van der Waals surface area contributed by atoms with E-state index in [1.807, 2.05) is 0 Å². The molecule has 0 aromatic carbocycles. The molecule has 0 spiro atoms. The molecular formula is C10H14N4. The molecule has 0 saturated carbocycles. The largest absolute Gasteiger partial charge is 0.338 e. The van der Waals surface area contributed by atoms with Crippen LogP contribution in [0, 0.1) is 0 Å². The van der Waals surface area contributed by atoms with Crippen molar-refractivity contribution >= 4 is 11.5 Å². The van der Waals surface area contributed by atoms with Gasteiger partial charge in [-0.15, -0.1) is 0 Å². The highest BCUT2D eigenvalue weighted by atomic mass is 15.2. The lowest BCUT2D eigenvalue weighted by Gasteiger charge is -2.16. The van der Waals surface area contributed by atoms with Gasteiger partial charge in [0, 0.05) is 5.41 Å². The topological polar surface area (TPSA) is 49.8 Å². The first-order valence-corrected chi connectivity index (χ1v) is 4.57. The van der Waals surface area contributed by atoms with E-state index in [9.17, 15) is 0 Å². The Morgan fingerprint density at radius 3 is 2.64 bits per heavy atom. The highest BCUT2D eigenvalue weighted by Crippen LogP contribution is 2.29. The lowest BCUT2D eigenvalue weighted by Crippen LogP contribution is -2.16. The van der Waals surface area contributed by atoms with E-state index in [2.05, 4.69) is 48.0 Å². The summed E-state index contributed by atoms with van der Waals surface area (Å²) in [7, 11) is 0. The van der Waals surface area contributed by atoms with Crippen molar-refractivity contribution in [2.75, 3.05) is 10.6 Å². The summed E-state index contributed by atoms with van der Waals surface area (Å²) < 4.78 is 0. The van der Waals surface area contributed by atoms with E-state index in [0.29, 0.717) is 0 Å². The van der Waals surface area contributed by atoms with E-state index < -0.39 is 0 Å². The molecule has 0 fully saturated rings. The fourth-order valence-electron chi connectivity index (χ4n) is 1.27. The standard InChI is InChI=1S/C10H14N4/c1-6-12-7-5-11-9(10(2,3)4)14-8(7)13-6/h5,12H,1H2,2-4H3,(H,11,13,14). The molecule has 1 aliphatic heterocycles. The van der Waals surface area contributed by atoms with Crippen LogP contribution in [0.2, 0.25) is 0 Å². The second-order valence-corrected chi connectivity index (χ2v) is 4.43. The van der Waals surface area contributed by atoms with Crippen molar-refractivity contribution in [1.29, 1.82) is 0 Å². The number of fused-ring (bicyclic) bond motifs is 1. The molecule has 4 nitrogen and oxygen atoms in total. The molecule has 2 heterocycles. The first kappa shape index (κ1) is 8.99. The van der Waals surface area contributed by atoms with Crippen molar-refractivity contribution in [3.05, 3.63) is 24.4 Å². The molecule has 74 valence electrons. The Balaban J connectivity index is 2.43. The van der Waals surface area contributed by atoms with Gasteiger partial charge in [0.15, 0.2) is 5.82 Å². The van der Waals surface area contributed by atoms with Gasteiger partial charge in [-0.25, -0.2) is 9.97 Å². The van der Waals surface area contributed by atoms with Crippen molar-refractivity contribution in [3.63, 3.8) is 0 Å². The SMILES string of the molecule is C=C1Nc2cnc(C(C)(C)C)nc2N1. The van der Waals surface area contributed by atoms with Gasteiger partial charge in [-0.1, -0.05) is 27.4 Å². The maximum Gasteiger partial charge on any atom is 0.159 e. The Morgan fingerprint density at radius 2 is 2.00 bits per heavy atom. The van der Waals surface area contributed by atoms with Crippen LogP contribution in [-0.4, -0.2) is 9.97 Å². The monoisotopic (exact) mass is 190 g/mol. The van der Waals surface area contributed by atoms with Crippen molar-refractivity contribution in [2.45, 2.75) is 26.2 Å². The number of anilines is 2. The number of nitrogens with one attached hydrogen (secondary N) is 2. The maximum atomic E-state index is 4.43. The van der Waals surface area contributed by atoms with Crippen LogP contribution in [0.15, 0.2) is 18.6 Å². The highest BCUT2D eigenvalue weighted by molar-refractivity contribution is 5.74. The van der Waals surface area contributed by atoms with Gasteiger partial charge in [0.05, 0.1) is 6.20 Å². The van der Waals surface area contributed by atoms with Crippen LogP contribution >= 0.6 is 0 Å². The molecule has 4 heteroatoms. The van der Waals surface area contributed by atoms with E-state index in [1.165, 1.54) is 0 Å². The second kappa shape index (κ2) is 2.70. The number of nitrogens with zero attached hydrogens (tertiary/aromatic N) is 2. The lowest BCUT2D eigenvalue weighted by molar-refractivity contribution is 0.546. The Kier molecular flexibility index (Phi) is 1.74. The quantitative estimate of drug-likeness (QED) is 0.657. The normalized spacial score (nSPS) is 14.6. The third-order valence-corrected chi connectivity index (χ3v) is 2.01. The predicted octanol–water partition coefficient (Wildman–Crippen LogP) is 2.08. The van der Waals surface area contributed by atoms with E-state index in [1.54, 1.807) is 6.20 Å². The zero-order chi connectivity index (χ0) is 10.3. The fraction of sp³-hybridized carbons (Fsp3) is 0.400. The van der Waals surface area contributed by atoms with Crippen LogP contribution in [0.1, 0.15) is 26.6 Å². The third kappa shape index (κ3) is 1.43. The summed E-state index contributed by atoms with van der Waals surface area (Å²) in [5, 5.41) is 6.10. The average molecular weight is 190 g/mol. The summed E-state index contributed by atoms with van der Waals surface area (Å²) in [4.78, 5) is 8.73. The van der Waals surface area contributed by atoms with Crippen LogP contribution in [0.5, 0.6) is 0 Å². The summed E-state index contributed by atoms with van der Waals surface area (Å²) in [6.07, 6.45) is 1.79. The van der Waals surface area contributed by atoms with Crippen LogP contribution < -0.4 is 10.6 Å². The minimum Gasteiger partial charge on any atom is -0.338 e. The molecule has 1 aromatic rings. The molecule has 1 aromatic heterocycles. The van der Waals surface area contributed by atoms with E-state index in [-0.39, 0.29) is 5.41 Å². The molecule has 14 heavy (non-hydrogen) atoms. The first-order valence-electron chi connectivity index (χ1n) is 4.57. The molecule has 0 amide bonds. The summed E-state index contributed by atoms with van der Waals surface area (Å²) in [5.74, 6) is 2.40. The van der Waals surface area contributed by atoms with Crippen LogP contribution in [-0.2, 0) is 5.41 Å². The minimum absolute atomic E-state index is 0.0271. The molecule has 0 bridgehead atoms. The number of hydrogen-bond donors (Lipinski definition) is 2.